The van der Waals surface area contributed by atoms with Crippen molar-refractivity contribution < 1.29 is 23.4 Å². The number of para-hydroxylation sites is 2. The first-order chi connectivity index (χ1) is 11.7. The number of carbonyl (C=O) groups excluding carboxylic acids is 1. The van der Waals surface area contributed by atoms with Crippen LogP contribution in [0.1, 0.15) is 11.7 Å². The molecular formula is C18H20FNO4. The topological polar surface area (TPSA) is 56.8 Å². The maximum Gasteiger partial charge on any atom is 0.258 e. The van der Waals surface area contributed by atoms with Crippen LogP contribution in [0.4, 0.5) is 4.39 Å². The van der Waals surface area contributed by atoms with E-state index in [4.69, 9.17) is 14.2 Å². The molecule has 0 bridgehead atoms. The maximum atomic E-state index is 13.4. The summed E-state index contributed by atoms with van der Waals surface area (Å²) < 4.78 is 29.3. The molecule has 2 rings (SSSR count). The average Bonchev–Trinajstić information content (AvgIpc) is 2.62. The Balaban J connectivity index is 1.89. The molecule has 1 amide bonds. The largest absolute Gasteiger partial charge is 0.496 e. The standard InChI is InChI=1S/C18H20FNO4/c1-22-15-9-5-3-7-13(15)17(23-2)11-20-18(21)12-24-16-10-6-4-8-14(16)19/h3-10,17H,11-12H2,1-2H3,(H,20,21). The Morgan fingerprint density at radius 1 is 1.08 bits per heavy atom. The van der Waals surface area contributed by atoms with Gasteiger partial charge in [0.05, 0.1) is 7.11 Å². The first kappa shape index (κ1) is 17.7. The predicted molar refractivity (Wildman–Crippen MR) is 87.6 cm³/mol. The predicted octanol–water partition coefficient (Wildman–Crippen LogP) is 2.72. The molecule has 128 valence electrons. The van der Waals surface area contributed by atoms with Gasteiger partial charge >= 0.3 is 0 Å². The molecule has 24 heavy (non-hydrogen) atoms. The Hall–Kier alpha value is -2.60. The minimum Gasteiger partial charge on any atom is -0.496 e. The van der Waals surface area contributed by atoms with Crippen LogP contribution in [0.5, 0.6) is 11.5 Å². The summed E-state index contributed by atoms with van der Waals surface area (Å²) in [4.78, 5) is 11.9. The van der Waals surface area contributed by atoms with Gasteiger partial charge in [-0.25, -0.2) is 4.39 Å². The first-order valence-electron chi connectivity index (χ1n) is 7.45. The molecule has 1 unspecified atom stereocenters. The molecule has 0 aromatic heterocycles. The highest BCUT2D eigenvalue weighted by molar-refractivity contribution is 5.77. The Labute approximate surface area is 140 Å². The number of ether oxygens (including phenoxy) is 3. The lowest BCUT2D eigenvalue weighted by Crippen LogP contribution is -2.33. The number of hydrogen-bond acceptors (Lipinski definition) is 4. The zero-order valence-electron chi connectivity index (χ0n) is 13.6. The van der Waals surface area contributed by atoms with Crippen LogP contribution < -0.4 is 14.8 Å². The third-order valence-electron chi connectivity index (χ3n) is 3.45. The summed E-state index contributed by atoms with van der Waals surface area (Å²) in [5.74, 6) is -0.147. The van der Waals surface area contributed by atoms with Crippen LogP contribution in [0.15, 0.2) is 48.5 Å². The first-order valence-corrected chi connectivity index (χ1v) is 7.45. The second-order valence-electron chi connectivity index (χ2n) is 4.99. The zero-order chi connectivity index (χ0) is 17.4. The normalized spacial score (nSPS) is 11.6. The molecule has 0 aliphatic heterocycles. The van der Waals surface area contributed by atoms with Gasteiger partial charge in [0.15, 0.2) is 18.2 Å². The summed E-state index contributed by atoms with van der Waals surface area (Å²) >= 11 is 0. The number of rotatable bonds is 8. The highest BCUT2D eigenvalue weighted by atomic mass is 19.1. The van der Waals surface area contributed by atoms with Crippen molar-refractivity contribution in [2.24, 2.45) is 0 Å². The molecule has 0 aliphatic carbocycles. The molecule has 2 aromatic carbocycles. The second kappa shape index (κ2) is 8.88. The lowest BCUT2D eigenvalue weighted by Gasteiger charge is -2.19. The van der Waals surface area contributed by atoms with Gasteiger partial charge in [0.2, 0.25) is 0 Å². The molecule has 0 fully saturated rings. The molecule has 2 aromatic rings. The summed E-state index contributed by atoms with van der Waals surface area (Å²) in [5, 5.41) is 2.71. The van der Waals surface area contributed by atoms with Crippen LogP contribution in [0.3, 0.4) is 0 Å². The monoisotopic (exact) mass is 333 g/mol. The molecule has 0 radical (unpaired) electrons. The number of methoxy groups -OCH3 is 2. The van der Waals surface area contributed by atoms with Gasteiger partial charge < -0.3 is 19.5 Å². The number of nitrogens with one attached hydrogen (secondary N) is 1. The van der Waals surface area contributed by atoms with Crippen LogP contribution in [0, 0.1) is 5.82 Å². The molecule has 0 heterocycles. The van der Waals surface area contributed by atoms with Gasteiger partial charge in [0.25, 0.3) is 5.91 Å². The summed E-state index contributed by atoms with van der Waals surface area (Å²) in [6.07, 6.45) is -0.362. The van der Waals surface area contributed by atoms with Crippen LogP contribution >= 0.6 is 0 Å². The van der Waals surface area contributed by atoms with E-state index in [0.717, 1.165) is 5.56 Å². The van der Waals surface area contributed by atoms with Gasteiger partial charge in [-0.05, 0) is 18.2 Å². The molecule has 0 saturated carbocycles. The van der Waals surface area contributed by atoms with Gasteiger partial charge in [0, 0.05) is 19.2 Å². The van der Waals surface area contributed by atoms with Crippen molar-refractivity contribution in [2.45, 2.75) is 6.10 Å². The van der Waals surface area contributed by atoms with E-state index in [0.29, 0.717) is 5.75 Å². The summed E-state index contributed by atoms with van der Waals surface area (Å²) in [7, 11) is 3.13. The number of carbonyl (C=O) groups is 1. The fraction of sp³-hybridized carbons (Fsp3) is 0.278. The summed E-state index contributed by atoms with van der Waals surface area (Å²) in [6, 6.07) is 13.4. The average molecular weight is 333 g/mol. The van der Waals surface area contributed by atoms with E-state index in [-0.39, 0.29) is 30.9 Å². The highest BCUT2D eigenvalue weighted by Gasteiger charge is 2.16. The Morgan fingerprint density at radius 3 is 2.42 bits per heavy atom. The van der Waals surface area contributed by atoms with Crippen molar-refractivity contribution in [2.75, 3.05) is 27.4 Å². The van der Waals surface area contributed by atoms with Crippen molar-refractivity contribution in [1.29, 1.82) is 0 Å². The van der Waals surface area contributed by atoms with E-state index in [9.17, 15) is 9.18 Å². The fourth-order valence-electron chi connectivity index (χ4n) is 2.22. The molecule has 1 atom stereocenters. The van der Waals surface area contributed by atoms with Crippen LogP contribution in [-0.4, -0.2) is 33.3 Å². The van der Waals surface area contributed by atoms with Crippen molar-refractivity contribution >= 4 is 5.91 Å². The van der Waals surface area contributed by atoms with Gasteiger partial charge in [0.1, 0.15) is 11.9 Å². The van der Waals surface area contributed by atoms with E-state index in [1.807, 2.05) is 24.3 Å². The molecule has 0 spiro atoms. The van der Waals surface area contributed by atoms with Gasteiger partial charge in [-0.15, -0.1) is 0 Å². The molecular weight excluding hydrogens is 313 g/mol. The summed E-state index contributed by atoms with van der Waals surface area (Å²) in [6.45, 7) is -0.0281. The number of amides is 1. The quantitative estimate of drug-likeness (QED) is 0.807. The molecule has 6 heteroatoms. The minimum absolute atomic E-state index is 0.0423. The number of hydrogen-bond donors (Lipinski definition) is 1. The van der Waals surface area contributed by atoms with Crippen LogP contribution in [-0.2, 0) is 9.53 Å². The van der Waals surface area contributed by atoms with Crippen LogP contribution in [0.2, 0.25) is 0 Å². The minimum atomic E-state index is -0.505. The van der Waals surface area contributed by atoms with Gasteiger partial charge in [-0.2, -0.15) is 0 Å². The summed E-state index contributed by atoms with van der Waals surface area (Å²) in [5.41, 5.74) is 0.831. The number of benzene rings is 2. The van der Waals surface area contributed by atoms with Gasteiger partial charge in [-0.1, -0.05) is 30.3 Å². The lowest BCUT2D eigenvalue weighted by molar-refractivity contribution is -0.123. The Bertz CT molecular complexity index is 678. The fourth-order valence-corrected chi connectivity index (χ4v) is 2.22. The lowest BCUT2D eigenvalue weighted by atomic mass is 10.1. The van der Waals surface area contributed by atoms with Crippen molar-refractivity contribution in [3.05, 3.63) is 59.9 Å². The third-order valence-corrected chi connectivity index (χ3v) is 3.45. The molecule has 0 saturated heterocycles. The number of halogens is 1. The molecule has 0 aliphatic rings. The zero-order valence-corrected chi connectivity index (χ0v) is 13.6. The Kier molecular flexibility index (Phi) is 6.57. The molecule has 5 nitrogen and oxygen atoms in total. The van der Waals surface area contributed by atoms with Gasteiger partial charge in [-0.3, -0.25) is 4.79 Å². The Morgan fingerprint density at radius 2 is 1.75 bits per heavy atom. The smallest absolute Gasteiger partial charge is 0.258 e. The van der Waals surface area contributed by atoms with Crippen molar-refractivity contribution in [3.8, 4) is 11.5 Å². The highest BCUT2D eigenvalue weighted by Crippen LogP contribution is 2.26. The van der Waals surface area contributed by atoms with Crippen molar-refractivity contribution in [3.63, 3.8) is 0 Å². The third kappa shape index (κ3) is 4.70. The van der Waals surface area contributed by atoms with Crippen molar-refractivity contribution in [1.82, 2.24) is 5.32 Å². The van der Waals surface area contributed by atoms with E-state index < -0.39 is 5.82 Å². The van der Waals surface area contributed by atoms with E-state index in [2.05, 4.69) is 5.32 Å². The van der Waals surface area contributed by atoms with E-state index in [1.165, 1.54) is 12.1 Å². The van der Waals surface area contributed by atoms with E-state index >= 15 is 0 Å². The SMILES string of the molecule is COc1ccccc1C(CNC(=O)COc1ccccc1F)OC. The van der Waals surface area contributed by atoms with E-state index in [1.54, 1.807) is 26.4 Å². The second-order valence-corrected chi connectivity index (χ2v) is 4.99. The maximum absolute atomic E-state index is 13.4. The molecule has 1 N–H and O–H groups in total. The van der Waals surface area contributed by atoms with Crippen LogP contribution in [0.25, 0.3) is 0 Å².